The summed E-state index contributed by atoms with van der Waals surface area (Å²) in [5.41, 5.74) is -0.134. The third-order valence-electron chi connectivity index (χ3n) is 2.16. The monoisotopic (exact) mass is 312 g/mol. The molecule has 0 unspecified atom stereocenters. The fourth-order valence-corrected chi connectivity index (χ4v) is 3.08. The first kappa shape index (κ1) is 14.6. The Bertz CT molecular complexity index is 618. The topological polar surface area (TPSA) is 107 Å². The van der Waals surface area contributed by atoms with Crippen molar-refractivity contribution in [3.8, 4) is 0 Å². The molecule has 1 N–H and O–H groups in total. The van der Waals surface area contributed by atoms with Crippen LogP contribution in [0, 0.1) is 17.0 Å². The quantitative estimate of drug-likeness (QED) is 0.492. The van der Waals surface area contributed by atoms with Crippen molar-refractivity contribution >= 4 is 34.7 Å². The predicted octanol–water partition coefficient (Wildman–Crippen LogP) is 2.52. The summed E-state index contributed by atoms with van der Waals surface area (Å²) >= 11 is 2.49. The Balaban J connectivity index is 2.28. The van der Waals surface area contributed by atoms with Crippen LogP contribution < -0.4 is 5.32 Å². The maximum absolute atomic E-state index is 11.0. The Morgan fingerprint density at radius 3 is 2.90 bits per heavy atom. The van der Waals surface area contributed by atoms with Crippen LogP contribution in [0.15, 0.2) is 15.6 Å². The lowest BCUT2D eigenvalue weighted by molar-refractivity contribution is -0.388. The van der Waals surface area contributed by atoms with Gasteiger partial charge in [0.2, 0.25) is 5.95 Å². The van der Waals surface area contributed by atoms with Gasteiger partial charge in [0.25, 0.3) is 0 Å². The lowest BCUT2D eigenvalue weighted by Crippen LogP contribution is -2.06. The van der Waals surface area contributed by atoms with Crippen LogP contribution in [0.3, 0.4) is 0 Å². The Hall–Kier alpha value is -1.81. The summed E-state index contributed by atoms with van der Waals surface area (Å²) in [6.07, 6.45) is 2.12. The van der Waals surface area contributed by atoms with Crippen molar-refractivity contribution in [2.45, 2.75) is 29.6 Å². The average Bonchev–Trinajstić information content (AvgIpc) is 2.81. The van der Waals surface area contributed by atoms with Crippen LogP contribution in [-0.2, 0) is 0 Å². The molecule has 8 nitrogen and oxygen atoms in total. The fourth-order valence-electron chi connectivity index (χ4n) is 1.28. The molecule has 0 atom stereocenters. The normalized spacial score (nSPS) is 10.5. The lowest BCUT2D eigenvalue weighted by atomic mass is 10.5. The molecule has 2 heterocycles. The van der Waals surface area contributed by atoms with E-state index < -0.39 is 4.92 Å². The van der Waals surface area contributed by atoms with Gasteiger partial charge in [-0.25, -0.2) is 4.98 Å². The van der Waals surface area contributed by atoms with Gasteiger partial charge in [-0.15, -0.1) is 10.2 Å². The molecule has 0 spiro atoms. The molecule has 0 saturated carbocycles. The highest BCUT2D eigenvalue weighted by Gasteiger charge is 2.20. The van der Waals surface area contributed by atoms with E-state index in [0.717, 1.165) is 23.2 Å². The Morgan fingerprint density at radius 2 is 2.30 bits per heavy atom. The Labute approximate surface area is 123 Å². The third kappa shape index (κ3) is 3.61. The van der Waals surface area contributed by atoms with E-state index in [1.807, 2.05) is 13.8 Å². The van der Waals surface area contributed by atoms with Gasteiger partial charge >= 0.3 is 5.69 Å². The van der Waals surface area contributed by atoms with Crippen molar-refractivity contribution in [1.82, 2.24) is 20.2 Å². The van der Waals surface area contributed by atoms with Gasteiger partial charge in [-0.05, 0) is 25.1 Å². The van der Waals surface area contributed by atoms with Crippen LogP contribution in [0.25, 0.3) is 0 Å². The van der Waals surface area contributed by atoms with Crippen molar-refractivity contribution in [3.05, 3.63) is 21.3 Å². The minimum Gasteiger partial charge on any atom is -0.354 e. The van der Waals surface area contributed by atoms with Gasteiger partial charge in [0.1, 0.15) is 11.2 Å². The summed E-state index contributed by atoms with van der Waals surface area (Å²) in [5.74, 6) is 0.376. The highest BCUT2D eigenvalue weighted by atomic mass is 32.2. The number of hydrogen-bond acceptors (Lipinski definition) is 9. The number of anilines is 1. The van der Waals surface area contributed by atoms with E-state index in [0.29, 0.717) is 16.8 Å². The first-order valence-electron chi connectivity index (χ1n) is 5.83. The zero-order valence-corrected chi connectivity index (χ0v) is 12.5. The zero-order valence-electron chi connectivity index (χ0n) is 10.9. The molecule has 0 bridgehead atoms. The van der Waals surface area contributed by atoms with E-state index in [-0.39, 0.29) is 10.7 Å². The second-order valence-corrected chi connectivity index (χ2v) is 6.17. The number of nitro groups is 1. The molecule has 0 saturated heterocycles. The molecule has 0 aromatic carbocycles. The molecule has 0 fully saturated rings. The number of hydrogen-bond donors (Lipinski definition) is 1. The SMILES string of the molecule is CCCNc1ncc([N+](=O)[O-])c(Sc2nnc(C)s2)n1. The van der Waals surface area contributed by atoms with Gasteiger partial charge in [-0.3, -0.25) is 10.1 Å². The molecule has 2 rings (SSSR count). The third-order valence-corrected chi connectivity index (χ3v) is 4.04. The molecule has 2 aromatic rings. The lowest BCUT2D eigenvalue weighted by Gasteiger charge is -2.04. The van der Waals surface area contributed by atoms with Crippen LogP contribution in [0.5, 0.6) is 0 Å². The number of rotatable bonds is 6. The average molecular weight is 312 g/mol. The number of nitrogens with zero attached hydrogens (tertiary/aromatic N) is 5. The van der Waals surface area contributed by atoms with E-state index in [1.54, 1.807) is 0 Å². The van der Waals surface area contributed by atoms with Gasteiger partial charge in [0.05, 0.1) is 4.92 Å². The predicted molar refractivity (Wildman–Crippen MR) is 76.2 cm³/mol. The first-order chi connectivity index (χ1) is 9.60. The van der Waals surface area contributed by atoms with E-state index in [9.17, 15) is 10.1 Å². The van der Waals surface area contributed by atoms with Gasteiger partial charge in [-0.1, -0.05) is 18.3 Å². The first-order valence-corrected chi connectivity index (χ1v) is 7.46. The van der Waals surface area contributed by atoms with E-state index in [2.05, 4.69) is 25.5 Å². The van der Waals surface area contributed by atoms with E-state index in [1.165, 1.54) is 17.5 Å². The molecule has 20 heavy (non-hydrogen) atoms. The number of aromatic nitrogens is 4. The van der Waals surface area contributed by atoms with Crippen LogP contribution in [-0.4, -0.2) is 31.6 Å². The molecule has 0 aliphatic rings. The summed E-state index contributed by atoms with van der Waals surface area (Å²) in [6.45, 7) is 4.54. The second kappa shape index (κ2) is 6.57. The minimum absolute atomic E-state index is 0.134. The van der Waals surface area contributed by atoms with Gasteiger partial charge in [0, 0.05) is 6.54 Å². The van der Waals surface area contributed by atoms with Crippen LogP contribution in [0.2, 0.25) is 0 Å². The molecule has 0 radical (unpaired) electrons. The van der Waals surface area contributed by atoms with Gasteiger partial charge < -0.3 is 5.32 Å². The van der Waals surface area contributed by atoms with Gasteiger partial charge in [-0.2, -0.15) is 4.98 Å². The summed E-state index contributed by atoms with van der Waals surface area (Å²) in [5, 5.41) is 22.9. The van der Waals surface area contributed by atoms with Crippen LogP contribution >= 0.6 is 23.1 Å². The van der Waals surface area contributed by atoms with Crippen molar-refractivity contribution < 1.29 is 4.92 Å². The molecule has 0 aliphatic carbocycles. The highest BCUT2D eigenvalue weighted by molar-refractivity contribution is 8.01. The van der Waals surface area contributed by atoms with E-state index in [4.69, 9.17) is 0 Å². The smallest absolute Gasteiger partial charge is 0.320 e. The molecule has 0 amide bonds. The number of aryl methyl sites for hydroxylation is 1. The summed E-state index contributed by atoms with van der Waals surface area (Å²) in [4.78, 5) is 18.6. The summed E-state index contributed by atoms with van der Waals surface area (Å²) < 4.78 is 0.616. The minimum atomic E-state index is -0.500. The largest absolute Gasteiger partial charge is 0.354 e. The van der Waals surface area contributed by atoms with Crippen molar-refractivity contribution in [2.24, 2.45) is 0 Å². The van der Waals surface area contributed by atoms with Crippen LogP contribution in [0.4, 0.5) is 11.6 Å². The molecule has 0 aliphatic heterocycles. The maximum Gasteiger partial charge on any atom is 0.320 e. The van der Waals surface area contributed by atoms with Crippen molar-refractivity contribution in [2.75, 3.05) is 11.9 Å². The molecular formula is C10H12N6O2S2. The van der Waals surface area contributed by atoms with E-state index >= 15 is 0 Å². The Morgan fingerprint density at radius 1 is 1.50 bits per heavy atom. The molecule has 10 heteroatoms. The number of nitrogens with one attached hydrogen (secondary N) is 1. The van der Waals surface area contributed by atoms with Gasteiger partial charge in [0.15, 0.2) is 9.37 Å². The van der Waals surface area contributed by atoms with Crippen LogP contribution in [0.1, 0.15) is 18.4 Å². The zero-order chi connectivity index (χ0) is 14.5. The standard InChI is InChI=1S/C10H12N6O2S2/c1-3-4-11-9-12-5-7(16(17)18)8(13-9)20-10-15-14-6(2)19-10/h5H,3-4H2,1-2H3,(H,11,12,13). The summed E-state index contributed by atoms with van der Waals surface area (Å²) in [6, 6.07) is 0. The Kier molecular flexibility index (Phi) is 4.79. The molecule has 2 aromatic heterocycles. The van der Waals surface area contributed by atoms with Crippen molar-refractivity contribution in [3.63, 3.8) is 0 Å². The molecule has 106 valence electrons. The highest BCUT2D eigenvalue weighted by Crippen LogP contribution is 2.34. The fraction of sp³-hybridized carbons (Fsp3) is 0.400. The van der Waals surface area contributed by atoms with Crippen molar-refractivity contribution in [1.29, 1.82) is 0 Å². The maximum atomic E-state index is 11.0. The summed E-state index contributed by atoms with van der Waals surface area (Å²) in [7, 11) is 0. The molecular weight excluding hydrogens is 300 g/mol. The second-order valence-electron chi connectivity index (χ2n) is 3.76.